The second-order valence-electron chi connectivity index (χ2n) is 20.4. The number of nitrogens with one attached hydrogen (secondary N) is 5. The molecule has 2 heterocycles. The van der Waals surface area contributed by atoms with Gasteiger partial charge < -0.3 is 57.7 Å². The topological polar surface area (TPSA) is 361 Å². The lowest BCUT2D eigenvalue weighted by Gasteiger charge is -2.41. The minimum Gasteiger partial charge on any atom is -0.481 e. The first kappa shape index (κ1) is 64.8. The van der Waals surface area contributed by atoms with Crippen LogP contribution in [-0.2, 0) is 65.7 Å². The number of ketones is 2. The summed E-state index contributed by atoms with van der Waals surface area (Å²) in [6, 6.07) is 11.1. The summed E-state index contributed by atoms with van der Waals surface area (Å²) < 4.78 is 31.8. The number of benzene rings is 2. The van der Waals surface area contributed by atoms with Crippen molar-refractivity contribution in [2.24, 2.45) is 22.8 Å². The largest absolute Gasteiger partial charge is 0.481 e. The first-order valence-corrected chi connectivity index (χ1v) is 26.0. The molecule has 0 saturated heterocycles. The number of nitrogens with zero attached hydrogens (tertiary/aromatic N) is 3. The van der Waals surface area contributed by atoms with E-state index in [1.54, 1.807) is 67.9 Å². The molecule has 0 saturated carbocycles. The molecule has 2 aromatic heterocycles. The van der Waals surface area contributed by atoms with Crippen LogP contribution in [-0.4, -0.2) is 134 Å². The van der Waals surface area contributed by atoms with Crippen LogP contribution in [0.4, 0.5) is 8.78 Å². The van der Waals surface area contributed by atoms with Crippen molar-refractivity contribution in [1.29, 1.82) is 0 Å². The van der Waals surface area contributed by atoms with Crippen LogP contribution in [0.2, 0.25) is 0 Å². The lowest BCUT2D eigenvalue weighted by Crippen LogP contribution is -2.56. The van der Waals surface area contributed by atoms with Gasteiger partial charge in [0.05, 0.1) is 43.8 Å². The van der Waals surface area contributed by atoms with E-state index < -0.39 is 164 Å². The summed E-state index contributed by atoms with van der Waals surface area (Å²) in [6.07, 6.45) is 0.751. The number of halogens is 2. The Balaban J connectivity index is 1.67. The zero-order chi connectivity index (χ0) is 60.0. The number of aliphatic hydroxyl groups excluding tert-OH is 1. The molecule has 81 heavy (non-hydrogen) atoms. The smallest absolute Gasteiger partial charge is 0.303 e. The van der Waals surface area contributed by atoms with Gasteiger partial charge in [-0.05, 0) is 72.7 Å². The van der Waals surface area contributed by atoms with Gasteiger partial charge in [-0.2, -0.15) is 0 Å². The van der Waals surface area contributed by atoms with Crippen LogP contribution in [0.1, 0.15) is 102 Å². The average Bonchev–Trinajstić information content (AvgIpc) is 3.80. The van der Waals surface area contributed by atoms with Gasteiger partial charge in [-0.1, -0.05) is 51.1 Å². The first-order chi connectivity index (χ1) is 38.2. The van der Waals surface area contributed by atoms with Crippen molar-refractivity contribution < 1.29 is 71.7 Å². The molecule has 25 heteroatoms. The molecule has 0 unspecified atom stereocenters. The molecule has 0 bridgehead atoms. The first-order valence-electron chi connectivity index (χ1n) is 26.0. The Kier molecular flexibility index (Phi) is 24.9. The zero-order valence-corrected chi connectivity index (χ0v) is 45.5. The second kappa shape index (κ2) is 31.2. The van der Waals surface area contributed by atoms with Crippen molar-refractivity contribution in [3.63, 3.8) is 0 Å². The van der Waals surface area contributed by atoms with Crippen molar-refractivity contribution >= 4 is 64.8 Å². The number of hydrogen-bond acceptors (Lipinski definition) is 13. The van der Waals surface area contributed by atoms with Gasteiger partial charge >= 0.3 is 5.97 Å². The summed E-state index contributed by atoms with van der Waals surface area (Å²) in [6.45, 7) is 4.79. The molecule has 8 amide bonds. The molecular formula is C56H70F2N10O13. The van der Waals surface area contributed by atoms with Crippen molar-refractivity contribution in [1.82, 2.24) is 41.0 Å². The van der Waals surface area contributed by atoms with Gasteiger partial charge in [0.2, 0.25) is 47.3 Å². The van der Waals surface area contributed by atoms with Crippen LogP contribution in [0.3, 0.4) is 0 Å². The molecule has 436 valence electrons. The summed E-state index contributed by atoms with van der Waals surface area (Å²) >= 11 is 0. The number of amides is 8. The van der Waals surface area contributed by atoms with Gasteiger partial charge in [-0.3, -0.25) is 57.7 Å². The van der Waals surface area contributed by atoms with Gasteiger partial charge in [0.15, 0.2) is 11.6 Å². The summed E-state index contributed by atoms with van der Waals surface area (Å²) in [4.78, 5) is 148. The Morgan fingerprint density at radius 3 is 2.04 bits per heavy atom. The third-order valence-electron chi connectivity index (χ3n) is 12.8. The van der Waals surface area contributed by atoms with Crippen LogP contribution in [0.5, 0.6) is 0 Å². The van der Waals surface area contributed by atoms with E-state index in [9.17, 15) is 62.2 Å². The van der Waals surface area contributed by atoms with Crippen LogP contribution < -0.4 is 38.1 Å². The highest BCUT2D eigenvalue weighted by atomic mass is 19.1. The van der Waals surface area contributed by atoms with E-state index in [0.29, 0.717) is 11.3 Å². The number of carbonyl (C=O) groups is 11. The Hall–Kier alpha value is -8.74. The summed E-state index contributed by atoms with van der Waals surface area (Å²) in [5.41, 5.74) is 12.0. The number of pyridine rings is 1. The van der Waals surface area contributed by atoms with Gasteiger partial charge in [-0.15, -0.1) is 0 Å². The number of carboxylic acids is 1. The van der Waals surface area contributed by atoms with Crippen LogP contribution in [0, 0.1) is 23.0 Å². The predicted molar refractivity (Wildman–Crippen MR) is 288 cm³/mol. The minimum atomic E-state index is -1.86. The normalized spacial score (nSPS) is 13.0. The van der Waals surface area contributed by atoms with Gasteiger partial charge in [0.1, 0.15) is 30.3 Å². The number of primary amides is 2. The van der Waals surface area contributed by atoms with Crippen molar-refractivity contribution in [2.45, 2.75) is 116 Å². The zero-order valence-electron chi connectivity index (χ0n) is 45.5. The molecular weight excluding hydrogens is 1060 g/mol. The van der Waals surface area contributed by atoms with Crippen molar-refractivity contribution in [3.8, 4) is 11.1 Å². The Bertz CT molecular complexity index is 2900. The standard InChI is InChI=1S/C56H70F2N10O13/c1-33(64-49(75)23-34-16-20-61-21-17-34)45(71)25-36(26-46(59)72)53(79)66-43(28-47(60)73)55(81)65-42(54(80)62-19-8-11-39(70)29-63-48(74)14-15-51(77)78)18-22-68(50(76)32-69)52(56(2,3)4)44-24-37(40-27-38(57)12-13-41(40)58)31-67(44)30-35-9-6-5-7-10-35/h5-7,9-10,12-13,16-17,20-21,24,27,31,33,36,42-43,52,69H,8,11,14-15,18-19,22-23,25-26,28-30,32H2,1-4H3,(H2,59,72)(H2,60,73)(H,62,80)(H,63,74)(H,64,75)(H,65,81)(H,66,79)(H,77,78)/t33-,36+,42-,43-,52-/m0/s1. The summed E-state index contributed by atoms with van der Waals surface area (Å²) in [7, 11) is 0. The lowest BCUT2D eigenvalue weighted by molar-refractivity contribution is -0.140. The molecule has 23 nitrogen and oxygen atoms in total. The number of aliphatic hydroxyl groups is 1. The maximum absolute atomic E-state index is 15.4. The number of hydrogen-bond donors (Lipinski definition) is 9. The molecule has 0 spiro atoms. The van der Waals surface area contributed by atoms with Gasteiger partial charge in [0.25, 0.3) is 0 Å². The number of aromatic nitrogens is 2. The molecule has 11 N–H and O–H groups in total. The molecule has 0 aliphatic rings. The van der Waals surface area contributed by atoms with E-state index in [2.05, 4.69) is 31.6 Å². The van der Waals surface area contributed by atoms with Crippen molar-refractivity contribution in [3.05, 3.63) is 114 Å². The SMILES string of the molecule is C[C@H](NC(=O)Cc1ccncc1)C(=O)C[C@H](CC(N)=O)C(=O)N[C@@H](CC(N)=O)C(=O)N[C@@H](CCN(C(=O)CO)[C@@H](c1cc(-c2cc(F)ccc2F)cn1Cc1ccccc1)C(C)(C)C)C(=O)NCCCC(=O)CNC(=O)CCC(=O)O. The maximum Gasteiger partial charge on any atom is 0.303 e. The molecule has 4 aromatic rings. The second-order valence-corrected chi connectivity index (χ2v) is 20.4. The number of nitrogens with two attached hydrogens (primary N) is 2. The Morgan fingerprint density at radius 1 is 0.741 bits per heavy atom. The Labute approximate surface area is 466 Å². The quantitative estimate of drug-likeness (QED) is 0.0307. The fourth-order valence-electron chi connectivity index (χ4n) is 8.80. The molecule has 5 atom stereocenters. The van der Waals surface area contributed by atoms with Gasteiger partial charge in [0, 0.05) is 80.7 Å². The Morgan fingerprint density at radius 2 is 1.41 bits per heavy atom. The number of rotatable bonds is 33. The molecule has 0 aliphatic carbocycles. The minimum absolute atomic E-state index is 0.00251. The number of aliphatic carboxylic acids is 1. The monoisotopic (exact) mass is 1130 g/mol. The van der Waals surface area contributed by atoms with E-state index in [4.69, 9.17) is 16.6 Å². The third kappa shape index (κ3) is 21.4. The van der Waals surface area contributed by atoms with E-state index in [0.717, 1.165) is 23.8 Å². The molecule has 2 aromatic carbocycles. The molecule has 4 rings (SSSR count). The summed E-state index contributed by atoms with van der Waals surface area (Å²) in [5.74, 6) is -12.7. The van der Waals surface area contributed by atoms with Crippen molar-refractivity contribution in [2.75, 3.05) is 26.2 Å². The highest BCUT2D eigenvalue weighted by molar-refractivity contribution is 5.98. The highest BCUT2D eigenvalue weighted by Crippen LogP contribution is 2.41. The van der Waals surface area contributed by atoms with E-state index in [1.165, 1.54) is 24.2 Å². The number of carboxylic acid groups (broad SMARTS) is 1. The molecule has 0 fully saturated rings. The van der Waals surface area contributed by atoms with Gasteiger partial charge in [-0.25, -0.2) is 8.78 Å². The predicted octanol–water partition coefficient (Wildman–Crippen LogP) is 1.66. The van der Waals surface area contributed by atoms with E-state index in [-0.39, 0.29) is 49.9 Å². The fourth-order valence-corrected chi connectivity index (χ4v) is 8.80. The van der Waals surface area contributed by atoms with E-state index >= 15 is 4.39 Å². The van der Waals surface area contributed by atoms with Crippen LogP contribution in [0.25, 0.3) is 11.1 Å². The third-order valence-corrected chi connectivity index (χ3v) is 12.8. The van der Waals surface area contributed by atoms with Crippen LogP contribution in [0.15, 0.2) is 85.3 Å². The number of carbonyl (C=O) groups excluding carboxylic acids is 10. The average molecular weight is 1130 g/mol. The fraction of sp³-hybridized carbons (Fsp3) is 0.429. The van der Waals surface area contributed by atoms with E-state index in [1.807, 2.05) is 12.1 Å². The molecule has 0 aliphatic heterocycles. The maximum atomic E-state index is 15.4. The summed E-state index contributed by atoms with van der Waals surface area (Å²) in [5, 5.41) is 31.6. The van der Waals surface area contributed by atoms with Crippen LogP contribution >= 0.6 is 0 Å². The lowest BCUT2D eigenvalue weighted by atomic mass is 9.82. The number of Topliss-reactive ketones (excluding diaryl/α,β-unsaturated/α-hetero) is 2. The molecule has 0 radical (unpaired) electrons. The highest BCUT2D eigenvalue weighted by Gasteiger charge is 2.39.